The Balaban J connectivity index is 0.00000256. The summed E-state index contributed by atoms with van der Waals surface area (Å²) in [6, 6.07) is 0. The summed E-state index contributed by atoms with van der Waals surface area (Å²) in [4.78, 5) is 12.0. The number of aromatic nitrogens is 2. The Morgan fingerprint density at radius 3 is 2.76 bits per heavy atom. The number of hydrogen-bond donors (Lipinski definition) is 0. The maximum atomic E-state index is 10.2. The van der Waals surface area contributed by atoms with Crippen LogP contribution in [-0.4, -0.2) is 28.4 Å². The van der Waals surface area contributed by atoms with Gasteiger partial charge in [0, 0.05) is 46.7 Å². The first-order valence-electron chi connectivity index (χ1n) is 4.83. The normalized spacial score (nSPS) is 11.4. The van der Waals surface area contributed by atoms with Gasteiger partial charge in [-0.1, -0.05) is 13.1 Å². The van der Waals surface area contributed by atoms with Crippen molar-refractivity contribution in [2.24, 2.45) is 0 Å². The molecule has 0 atom stereocenters. The van der Waals surface area contributed by atoms with Crippen molar-refractivity contribution in [2.45, 2.75) is 20.4 Å². The Labute approximate surface area is 126 Å². The summed E-state index contributed by atoms with van der Waals surface area (Å²) < 4.78 is 5.23. The zero-order valence-electron chi connectivity index (χ0n) is 10.2. The summed E-state index contributed by atoms with van der Waals surface area (Å²) in [7, 11) is 1.86. The first-order chi connectivity index (χ1) is 7.61. The van der Waals surface area contributed by atoms with Crippen LogP contribution in [0.5, 0.6) is 0 Å². The first-order valence-corrected chi connectivity index (χ1v) is 4.83. The second-order valence-corrected chi connectivity index (χ2v) is 3.39. The summed E-state index contributed by atoms with van der Waals surface area (Å²) in [5, 5.41) is 7.60. The van der Waals surface area contributed by atoms with Crippen molar-refractivity contribution < 1.29 is 41.9 Å². The van der Waals surface area contributed by atoms with Gasteiger partial charge in [0.2, 0.25) is 11.8 Å². The number of allylic oxidation sites excluding steroid dienone is 3. The van der Waals surface area contributed by atoms with E-state index in [4.69, 9.17) is 4.42 Å². The summed E-state index contributed by atoms with van der Waals surface area (Å²) in [5.41, 5.74) is 0.767. The molecule has 0 aromatic carbocycles. The Morgan fingerprint density at radius 1 is 1.53 bits per heavy atom. The van der Waals surface area contributed by atoms with Crippen molar-refractivity contribution in [1.29, 1.82) is 0 Å². The van der Waals surface area contributed by atoms with Gasteiger partial charge < -0.3 is 14.1 Å². The Hall–Kier alpha value is -0.806. The van der Waals surface area contributed by atoms with Gasteiger partial charge in [-0.2, -0.15) is 6.08 Å². The molecule has 0 amide bonds. The molecule has 0 fully saturated rings. The van der Waals surface area contributed by atoms with Crippen molar-refractivity contribution in [2.75, 3.05) is 7.05 Å². The van der Waals surface area contributed by atoms with E-state index in [2.05, 4.69) is 16.3 Å². The van der Waals surface area contributed by atoms with Crippen LogP contribution in [0.25, 0.3) is 0 Å². The molecule has 1 rings (SSSR count). The molecule has 0 spiro atoms. The monoisotopic (exact) mass is 309 g/mol. The Morgan fingerprint density at radius 2 is 2.24 bits per heavy atom. The quantitative estimate of drug-likeness (QED) is 0.355. The van der Waals surface area contributed by atoms with Crippen LogP contribution in [0.4, 0.5) is 0 Å². The van der Waals surface area contributed by atoms with E-state index in [0.29, 0.717) is 18.3 Å². The minimum absolute atomic E-state index is 0. The zero-order chi connectivity index (χ0) is 12.0. The predicted octanol–water partition coefficient (Wildman–Crippen LogP) is 1.27. The third-order valence-electron chi connectivity index (χ3n) is 1.78. The molecule has 1 aromatic rings. The van der Waals surface area contributed by atoms with Gasteiger partial charge in [0.1, 0.15) is 0 Å². The molecule has 1 radical (unpaired) electrons. The number of aryl methyl sites for hydroxylation is 1. The number of carbonyl (C=O) groups is 1. The third-order valence-corrected chi connectivity index (χ3v) is 1.78. The number of aldehydes is 1. The van der Waals surface area contributed by atoms with Gasteiger partial charge in [-0.05, 0) is 0 Å². The summed E-state index contributed by atoms with van der Waals surface area (Å²) in [6.07, 6.45) is 6.86. The van der Waals surface area contributed by atoms with E-state index in [1.807, 2.05) is 11.9 Å². The topological polar surface area (TPSA) is 59.2 Å². The van der Waals surface area contributed by atoms with E-state index in [-0.39, 0.29) is 32.7 Å². The van der Waals surface area contributed by atoms with E-state index >= 15 is 0 Å². The SMILES string of the molecule is C/C([C-]=CN(C)Cc1nnc(C)o1)=C/C=O.[Y]. The smallest absolute Gasteiger partial charge is 0.235 e. The Kier molecular flexibility index (Phi) is 7.91. The van der Waals surface area contributed by atoms with Crippen molar-refractivity contribution in [3.05, 3.63) is 35.7 Å². The molecule has 0 aliphatic heterocycles. The average Bonchev–Trinajstić information content (AvgIpc) is 2.61. The Bertz CT molecular complexity index is 413. The summed E-state index contributed by atoms with van der Waals surface area (Å²) >= 11 is 0. The summed E-state index contributed by atoms with van der Waals surface area (Å²) in [6.45, 7) is 4.06. The van der Waals surface area contributed by atoms with Gasteiger partial charge in [0.15, 0.2) is 0 Å². The molecule has 6 heteroatoms. The van der Waals surface area contributed by atoms with Crippen LogP contribution in [0.3, 0.4) is 0 Å². The summed E-state index contributed by atoms with van der Waals surface area (Å²) in [5.74, 6) is 1.10. The molecule has 0 saturated carbocycles. The van der Waals surface area contributed by atoms with Gasteiger partial charge in [0.05, 0.1) is 12.8 Å². The van der Waals surface area contributed by atoms with Gasteiger partial charge in [-0.15, -0.1) is 10.2 Å². The fraction of sp³-hybridized carbons (Fsp3) is 0.364. The van der Waals surface area contributed by atoms with Crippen LogP contribution >= 0.6 is 0 Å². The minimum Gasteiger partial charge on any atom is -0.424 e. The zero-order valence-corrected chi connectivity index (χ0v) is 13.0. The van der Waals surface area contributed by atoms with Gasteiger partial charge in [-0.3, -0.25) is 0 Å². The maximum absolute atomic E-state index is 10.2. The molecule has 1 heterocycles. The molecule has 17 heavy (non-hydrogen) atoms. The van der Waals surface area contributed by atoms with Crippen LogP contribution in [0.15, 0.2) is 22.3 Å². The van der Waals surface area contributed by atoms with Crippen molar-refractivity contribution >= 4 is 6.29 Å². The molecular weight excluding hydrogens is 295 g/mol. The van der Waals surface area contributed by atoms with Crippen LogP contribution in [-0.2, 0) is 44.0 Å². The fourth-order valence-corrected chi connectivity index (χ4v) is 1.02. The van der Waals surface area contributed by atoms with Crippen LogP contribution < -0.4 is 0 Å². The number of nitrogens with zero attached hydrogens (tertiary/aromatic N) is 3. The molecule has 0 aliphatic rings. The third kappa shape index (κ3) is 6.49. The second kappa shape index (κ2) is 8.31. The van der Waals surface area contributed by atoms with Crippen LogP contribution in [0, 0.1) is 13.0 Å². The van der Waals surface area contributed by atoms with Crippen LogP contribution in [0.1, 0.15) is 18.7 Å². The fourth-order valence-electron chi connectivity index (χ4n) is 1.02. The maximum Gasteiger partial charge on any atom is 0.235 e. The average molecular weight is 309 g/mol. The largest absolute Gasteiger partial charge is 0.424 e. The van der Waals surface area contributed by atoms with E-state index in [1.54, 1.807) is 20.0 Å². The van der Waals surface area contributed by atoms with E-state index in [0.717, 1.165) is 11.9 Å². The number of hydrogen-bond acceptors (Lipinski definition) is 5. The number of rotatable bonds is 5. The molecule has 1 aromatic heterocycles. The standard InChI is InChI=1S/C11H14N3O2.Y/c1-9(5-7-15)4-6-14(3)8-11-13-12-10(2)16-11;/h5-7H,8H2,1-3H3;/q-1;/b9-5-;. The number of carbonyl (C=O) groups excluding carboxylic acids is 1. The van der Waals surface area contributed by atoms with E-state index in [9.17, 15) is 4.79 Å². The molecule has 5 nitrogen and oxygen atoms in total. The first kappa shape index (κ1) is 16.2. The minimum atomic E-state index is 0. The van der Waals surface area contributed by atoms with E-state index < -0.39 is 0 Å². The molecule has 0 aliphatic carbocycles. The van der Waals surface area contributed by atoms with Gasteiger partial charge in [-0.25, -0.2) is 11.6 Å². The molecule has 0 bridgehead atoms. The van der Waals surface area contributed by atoms with Crippen molar-refractivity contribution in [3.63, 3.8) is 0 Å². The van der Waals surface area contributed by atoms with Crippen molar-refractivity contribution in [1.82, 2.24) is 15.1 Å². The molecular formula is C11H14N3O2Y-. The second-order valence-electron chi connectivity index (χ2n) is 3.39. The molecule has 0 saturated heterocycles. The van der Waals surface area contributed by atoms with Gasteiger partial charge in [0.25, 0.3) is 0 Å². The molecule has 0 N–H and O–H groups in total. The van der Waals surface area contributed by atoms with Crippen LogP contribution in [0.2, 0.25) is 0 Å². The van der Waals surface area contributed by atoms with Gasteiger partial charge >= 0.3 is 0 Å². The predicted molar refractivity (Wildman–Crippen MR) is 58.1 cm³/mol. The van der Waals surface area contributed by atoms with E-state index in [1.165, 1.54) is 6.08 Å². The molecule has 89 valence electrons. The molecule has 0 unspecified atom stereocenters. The van der Waals surface area contributed by atoms with Crippen molar-refractivity contribution in [3.8, 4) is 0 Å².